The topological polar surface area (TPSA) is 126 Å². The first-order valence-electron chi connectivity index (χ1n) is 8.90. The largest absolute Gasteiger partial charge is 0.493 e. The van der Waals surface area contributed by atoms with Crippen molar-refractivity contribution in [2.45, 2.75) is 33.1 Å². The van der Waals surface area contributed by atoms with Gasteiger partial charge in [-0.1, -0.05) is 13.0 Å². The van der Waals surface area contributed by atoms with Gasteiger partial charge >= 0.3 is 5.69 Å². The molecule has 0 aliphatic rings. The maximum atomic E-state index is 12.0. The Bertz CT molecular complexity index is 962. The molecule has 1 amide bonds. The molecule has 0 saturated carbocycles. The SMILES string of the molecule is CCCOc1c(/C=N/NC(=O)CCc2c(C)[nH]c(=O)[nH]c2=O)cccc1OC. The number of hydrazone groups is 1. The summed E-state index contributed by atoms with van der Waals surface area (Å²) in [6.45, 7) is 4.14. The molecule has 3 N–H and O–H groups in total. The standard InChI is InChI=1S/C19H24N4O5/c1-4-10-28-17-13(6-5-7-15(17)27-3)11-20-23-16(24)9-8-14-12(2)21-19(26)22-18(14)25/h5-7,11H,4,8-10H2,1-3H3,(H,23,24)(H2,21,22,25,26)/b20-11+. The van der Waals surface area contributed by atoms with Gasteiger partial charge in [-0.3, -0.25) is 14.6 Å². The fourth-order valence-electron chi connectivity index (χ4n) is 2.55. The van der Waals surface area contributed by atoms with Gasteiger partial charge in [0.15, 0.2) is 11.5 Å². The third-order valence-corrected chi connectivity index (χ3v) is 3.93. The number of rotatable bonds is 9. The lowest BCUT2D eigenvalue weighted by atomic mass is 10.1. The van der Waals surface area contributed by atoms with Crippen molar-refractivity contribution in [3.63, 3.8) is 0 Å². The Morgan fingerprint density at radius 2 is 2.07 bits per heavy atom. The summed E-state index contributed by atoms with van der Waals surface area (Å²) in [5.74, 6) is 0.775. The van der Waals surface area contributed by atoms with Crippen LogP contribution in [0.25, 0.3) is 0 Å². The van der Waals surface area contributed by atoms with Gasteiger partial charge in [0.25, 0.3) is 5.56 Å². The van der Waals surface area contributed by atoms with Gasteiger partial charge in [0.05, 0.1) is 19.9 Å². The van der Waals surface area contributed by atoms with E-state index in [0.717, 1.165) is 6.42 Å². The van der Waals surface area contributed by atoms with Gasteiger partial charge < -0.3 is 14.5 Å². The van der Waals surface area contributed by atoms with Crippen LogP contribution in [0.4, 0.5) is 0 Å². The van der Waals surface area contributed by atoms with E-state index in [4.69, 9.17) is 9.47 Å². The number of hydrogen-bond acceptors (Lipinski definition) is 6. The molecule has 1 heterocycles. The summed E-state index contributed by atoms with van der Waals surface area (Å²) in [6, 6.07) is 5.38. The minimum atomic E-state index is -0.570. The number of H-pyrrole nitrogens is 2. The minimum absolute atomic E-state index is 0.0462. The van der Waals surface area contributed by atoms with Crippen LogP contribution in [0.3, 0.4) is 0 Å². The molecular weight excluding hydrogens is 364 g/mol. The molecule has 0 radical (unpaired) electrons. The fraction of sp³-hybridized carbons (Fsp3) is 0.368. The number of para-hydroxylation sites is 1. The van der Waals surface area contributed by atoms with E-state index in [1.54, 1.807) is 32.2 Å². The first kappa shape index (κ1) is 20.9. The maximum Gasteiger partial charge on any atom is 0.325 e. The average molecular weight is 388 g/mol. The number of aryl methyl sites for hydroxylation is 1. The van der Waals surface area contributed by atoms with Gasteiger partial charge in [-0.05, 0) is 31.9 Å². The van der Waals surface area contributed by atoms with Crippen LogP contribution in [0.2, 0.25) is 0 Å². The Morgan fingerprint density at radius 1 is 1.29 bits per heavy atom. The quantitative estimate of drug-likeness (QED) is 0.440. The molecule has 0 fully saturated rings. The second-order valence-electron chi connectivity index (χ2n) is 6.03. The van der Waals surface area contributed by atoms with Gasteiger partial charge in [-0.25, -0.2) is 10.2 Å². The fourth-order valence-corrected chi connectivity index (χ4v) is 2.55. The van der Waals surface area contributed by atoms with Crippen LogP contribution in [0, 0.1) is 6.92 Å². The van der Waals surface area contributed by atoms with Crippen molar-refractivity contribution in [2.75, 3.05) is 13.7 Å². The Morgan fingerprint density at radius 3 is 2.75 bits per heavy atom. The number of benzene rings is 1. The van der Waals surface area contributed by atoms with Crippen molar-refractivity contribution in [1.29, 1.82) is 0 Å². The molecule has 1 aromatic heterocycles. The number of aromatic amines is 2. The summed E-state index contributed by atoms with van der Waals surface area (Å²) in [7, 11) is 1.55. The molecule has 0 saturated heterocycles. The molecule has 9 nitrogen and oxygen atoms in total. The summed E-state index contributed by atoms with van der Waals surface area (Å²) in [5.41, 5.74) is 2.83. The second kappa shape index (κ2) is 10.1. The molecule has 0 bridgehead atoms. The van der Waals surface area contributed by atoms with Gasteiger partial charge in [0.2, 0.25) is 5.91 Å². The zero-order chi connectivity index (χ0) is 20.5. The number of amides is 1. The zero-order valence-corrected chi connectivity index (χ0v) is 16.1. The summed E-state index contributed by atoms with van der Waals surface area (Å²) in [4.78, 5) is 39.6. The van der Waals surface area contributed by atoms with Gasteiger partial charge in [-0.15, -0.1) is 0 Å². The van der Waals surface area contributed by atoms with E-state index in [1.165, 1.54) is 6.21 Å². The molecule has 150 valence electrons. The van der Waals surface area contributed by atoms with E-state index in [1.807, 2.05) is 6.92 Å². The highest BCUT2D eigenvalue weighted by molar-refractivity contribution is 5.86. The van der Waals surface area contributed by atoms with Crippen molar-refractivity contribution in [3.8, 4) is 11.5 Å². The van der Waals surface area contributed by atoms with Crippen LogP contribution >= 0.6 is 0 Å². The summed E-state index contributed by atoms with van der Waals surface area (Å²) in [6.07, 6.45) is 2.55. The van der Waals surface area contributed by atoms with E-state index < -0.39 is 11.2 Å². The van der Waals surface area contributed by atoms with Crippen LogP contribution in [-0.4, -0.2) is 35.8 Å². The average Bonchev–Trinajstić information content (AvgIpc) is 2.65. The lowest BCUT2D eigenvalue weighted by molar-refractivity contribution is -0.121. The molecular formula is C19H24N4O5. The summed E-state index contributed by atoms with van der Waals surface area (Å²) in [5, 5.41) is 3.95. The molecule has 1 aromatic carbocycles. The first-order chi connectivity index (χ1) is 13.5. The zero-order valence-electron chi connectivity index (χ0n) is 16.1. The number of methoxy groups -OCH3 is 1. The molecule has 0 unspecified atom stereocenters. The number of ether oxygens (including phenoxy) is 2. The smallest absolute Gasteiger partial charge is 0.325 e. The van der Waals surface area contributed by atoms with Crippen LogP contribution < -0.4 is 26.1 Å². The number of nitrogens with zero attached hydrogens (tertiary/aromatic N) is 1. The van der Waals surface area contributed by atoms with Crippen LogP contribution in [0.15, 0.2) is 32.9 Å². The van der Waals surface area contributed by atoms with E-state index in [-0.39, 0.29) is 18.7 Å². The van der Waals surface area contributed by atoms with Crippen LogP contribution in [0.5, 0.6) is 11.5 Å². The molecule has 2 aromatic rings. The van der Waals surface area contributed by atoms with Crippen molar-refractivity contribution < 1.29 is 14.3 Å². The third-order valence-electron chi connectivity index (χ3n) is 3.93. The number of carbonyl (C=O) groups excluding carboxylic acids is 1. The van der Waals surface area contributed by atoms with Gasteiger partial charge in [0, 0.05) is 23.2 Å². The molecule has 0 aliphatic carbocycles. The van der Waals surface area contributed by atoms with E-state index in [0.29, 0.717) is 34.9 Å². The minimum Gasteiger partial charge on any atom is -0.493 e. The highest BCUT2D eigenvalue weighted by atomic mass is 16.5. The first-order valence-corrected chi connectivity index (χ1v) is 8.90. The highest BCUT2D eigenvalue weighted by Crippen LogP contribution is 2.30. The molecule has 0 spiro atoms. The number of aromatic nitrogens is 2. The van der Waals surface area contributed by atoms with Gasteiger partial charge in [-0.2, -0.15) is 5.10 Å². The lowest BCUT2D eigenvalue weighted by Gasteiger charge is -2.12. The molecule has 0 aliphatic heterocycles. The third kappa shape index (κ3) is 5.57. The van der Waals surface area contributed by atoms with Crippen LogP contribution in [0.1, 0.15) is 36.6 Å². The van der Waals surface area contributed by atoms with Crippen molar-refractivity contribution in [3.05, 3.63) is 55.9 Å². The Hall–Kier alpha value is -3.36. The van der Waals surface area contributed by atoms with Crippen LogP contribution in [-0.2, 0) is 11.2 Å². The highest BCUT2D eigenvalue weighted by Gasteiger charge is 2.10. The summed E-state index contributed by atoms with van der Waals surface area (Å²) >= 11 is 0. The number of carbonyl (C=O) groups is 1. The number of hydrogen-bond donors (Lipinski definition) is 3. The summed E-state index contributed by atoms with van der Waals surface area (Å²) < 4.78 is 11.0. The predicted octanol–water partition coefficient (Wildman–Crippen LogP) is 1.25. The van der Waals surface area contributed by atoms with E-state index in [2.05, 4.69) is 20.5 Å². The molecule has 2 rings (SSSR count). The molecule has 28 heavy (non-hydrogen) atoms. The normalized spacial score (nSPS) is 10.8. The second-order valence-corrected chi connectivity index (χ2v) is 6.03. The predicted molar refractivity (Wildman–Crippen MR) is 105 cm³/mol. The Kier molecular flexibility index (Phi) is 7.55. The van der Waals surface area contributed by atoms with Crippen molar-refractivity contribution >= 4 is 12.1 Å². The maximum absolute atomic E-state index is 12.0. The van der Waals surface area contributed by atoms with E-state index >= 15 is 0 Å². The molecule has 0 atom stereocenters. The van der Waals surface area contributed by atoms with E-state index in [9.17, 15) is 14.4 Å². The monoisotopic (exact) mass is 388 g/mol. The van der Waals surface area contributed by atoms with Crippen molar-refractivity contribution in [2.24, 2.45) is 5.10 Å². The van der Waals surface area contributed by atoms with Gasteiger partial charge in [0.1, 0.15) is 0 Å². The Balaban J connectivity index is 2.00. The van der Waals surface area contributed by atoms with Crippen molar-refractivity contribution in [1.82, 2.24) is 15.4 Å². The lowest BCUT2D eigenvalue weighted by Crippen LogP contribution is -2.28. The Labute approximate surface area is 161 Å². The number of nitrogens with one attached hydrogen (secondary N) is 3. The molecule has 9 heteroatoms.